The number of aromatic amines is 1. The molecule has 0 amide bonds. The minimum atomic E-state index is -0.831. The number of fused-ring (bicyclic) bond motifs is 1. The molecule has 0 bridgehead atoms. The first kappa shape index (κ1) is 14.2. The van der Waals surface area contributed by atoms with Crippen LogP contribution in [-0.4, -0.2) is 38.0 Å². The molecule has 21 heavy (non-hydrogen) atoms. The summed E-state index contributed by atoms with van der Waals surface area (Å²) < 4.78 is 0.611. The van der Waals surface area contributed by atoms with Gasteiger partial charge in [0.05, 0.1) is 12.1 Å². The van der Waals surface area contributed by atoms with Gasteiger partial charge in [-0.25, -0.2) is 4.98 Å². The van der Waals surface area contributed by atoms with Gasteiger partial charge in [-0.2, -0.15) is 0 Å². The van der Waals surface area contributed by atoms with Crippen LogP contribution in [0.2, 0.25) is 0 Å². The number of thiophene rings is 1. The van der Waals surface area contributed by atoms with E-state index < -0.39 is 11.5 Å². The number of carbonyl (C=O) groups is 1. The first-order chi connectivity index (χ1) is 10.1. The lowest BCUT2D eigenvalue weighted by atomic mass is 9.93. The van der Waals surface area contributed by atoms with E-state index in [4.69, 9.17) is 0 Å². The van der Waals surface area contributed by atoms with E-state index in [0.717, 1.165) is 6.42 Å². The van der Waals surface area contributed by atoms with E-state index in [1.54, 1.807) is 0 Å². The van der Waals surface area contributed by atoms with Gasteiger partial charge in [-0.05, 0) is 37.3 Å². The monoisotopic (exact) mass is 307 g/mol. The molecule has 6 nitrogen and oxygen atoms in total. The number of aliphatic carboxylic acids is 1. The standard InChI is InChI=1S/C14H17N3O3S/c1-2-14(13(19)20)5-3-6-17(14)8-10-15-9-4-7-21-11(9)12(18)16-10/h4,7H,2-3,5-6,8H2,1H3,(H,19,20)(H,15,16,18). The van der Waals surface area contributed by atoms with Gasteiger partial charge in [0.15, 0.2) is 0 Å². The molecule has 2 aromatic heterocycles. The second-order valence-corrected chi connectivity index (χ2v) is 6.28. The van der Waals surface area contributed by atoms with Crippen LogP contribution in [0.4, 0.5) is 0 Å². The van der Waals surface area contributed by atoms with Crippen LogP contribution >= 0.6 is 11.3 Å². The van der Waals surface area contributed by atoms with Crippen molar-refractivity contribution in [1.82, 2.24) is 14.9 Å². The summed E-state index contributed by atoms with van der Waals surface area (Å²) in [6, 6.07) is 1.81. The highest BCUT2D eigenvalue weighted by Crippen LogP contribution is 2.33. The average molecular weight is 307 g/mol. The molecule has 3 rings (SSSR count). The molecule has 3 heterocycles. The summed E-state index contributed by atoms with van der Waals surface area (Å²) in [5, 5.41) is 11.4. The first-order valence-electron chi connectivity index (χ1n) is 7.01. The maximum Gasteiger partial charge on any atom is 0.324 e. The van der Waals surface area contributed by atoms with Crippen LogP contribution in [0.15, 0.2) is 16.2 Å². The van der Waals surface area contributed by atoms with Crippen molar-refractivity contribution in [2.45, 2.75) is 38.3 Å². The predicted octanol–water partition coefficient (Wildman–Crippen LogP) is 1.81. The van der Waals surface area contributed by atoms with Crippen molar-refractivity contribution in [2.75, 3.05) is 6.54 Å². The van der Waals surface area contributed by atoms with Gasteiger partial charge in [0, 0.05) is 0 Å². The summed E-state index contributed by atoms with van der Waals surface area (Å²) in [6.45, 7) is 2.97. The highest BCUT2D eigenvalue weighted by molar-refractivity contribution is 7.17. The third-order valence-corrected chi connectivity index (χ3v) is 5.21. The third-order valence-electron chi connectivity index (χ3n) is 4.31. The fraction of sp³-hybridized carbons (Fsp3) is 0.500. The maximum absolute atomic E-state index is 12.0. The Hall–Kier alpha value is -1.73. The van der Waals surface area contributed by atoms with Gasteiger partial charge in [0.25, 0.3) is 5.56 Å². The highest BCUT2D eigenvalue weighted by Gasteiger charge is 2.46. The summed E-state index contributed by atoms with van der Waals surface area (Å²) in [5.41, 5.74) is -0.306. The van der Waals surface area contributed by atoms with Gasteiger partial charge in [0.2, 0.25) is 0 Å². The van der Waals surface area contributed by atoms with Crippen molar-refractivity contribution in [3.05, 3.63) is 27.6 Å². The Bertz CT molecular complexity index is 738. The van der Waals surface area contributed by atoms with E-state index in [1.807, 2.05) is 23.3 Å². The van der Waals surface area contributed by atoms with Gasteiger partial charge >= 0.3 is 5.97 Å². The van der Waals surface area contributed by atoms with Crippen LogP contribution in [-0.2, 0) is 11.3 Å². The SMILES string of the molecule is CCC1(C(=O)O)CCCN1Cc1nc2ccsc2c(=O)[nH]1. The fourth-order valence-corrected chi connectivity index (χ4v) is 3.86. The van der Waals surface area contributed by atoms with Gasteiger partial charge < -0.3 is 10.1 Å². The molecule has 112 valence electrons. The largest absolute Gasteiger partial charge is 0.480 e. The van der Waals surface area contributed by atoms with Crippen LogP contribution in [0.25, 0.3) is 10.2 Å². The highest BCUT2D eigenvalue weighted by atomic mass is 32.1. The molecule has 1 saturated heterocycles. The summed E-state index contributed by atoms with van der Waals surface area (Å²) in [4.78, 5) is 32.8. The molecule has 0 spiro atoms. The Morgan fingerprint density at radius 3 is 3.14 bits per heavy atom. The van der Waals surface area contributed by atoms with Gasteiger partial charge in [-0.1, -0.05) is 6.92 Å². The molecule has 1 aliphatic rings. The molecule has 2 aromatic rings. The zero-order chi connectivity index (χ0) is 15.0. The lowest BCUT2D eigenvalue weighted by molar-refractivity contribution is -0.150. The zero-order valence-electron chi connectivity index (χ0n) is 11.8. The Morgan fingerprint density at radius 2 is 2.43 bits per heavy atom. The fourth-order valence-electron chi connectivity index (χ4n) is 3.14. The normalized spacial score (nSPS) is 22.9. The van der Waals surface area contributed by atoms with Crippen LogP contribution in [0, 0.1) is 0 Å². The second-order valence-electron chi connectivity index (χ2n) is 5.36. The number of aromatic nitrogens is 2. The Labute approximate surface area is 125 Å². The lowest BCUT2D eigenvalue weighted by Crippen LogP contribution is -2.49. The first-order valence-corrected chi connectivity index (χ1v) is 7.89. The summed E-state index contributed by atoms with van der Waals surface area (Å²) in [7, 11) is 0. The number of nitrogens with one attached hydrogen (secondary N) is 1. The van der Waals surface area contributed by atoms with E-state index in [2.05, 4.69) is 9.97 Å². The van der Waals surface area contributed by atoms with E-state index in [1.165, 1.54) is 11.3 Å². The Morgan fingerprint density at radius 1 is 1.62 bits per heavy atom. The van der Waals surface area contributed by atoms with Crippen LogP contribution in [0.1, 0.15) is 32.0 Å². The van der Waals surface area contributed by atoms with E-state index in [-0.39, 0.29) is 5.56 Å². The molecule has 0 radical (unpaired) electrons. The average Bonchev–Trinajstić information content (AvgIpc) is 3.06. The third kappa shape index (κ3) is 2.26. The van der Waals surface area contributed by atoms with Crippen LogP contribution in [0.3, 0.4) is 0 Å². The molecule has 0 saturated carbocycles. The number of hydrogen-bond acceptors (Lipinski definition) is 5. The Kier molecular flexibility index (Phi) is 3.54. The summed E-state index contributed by atoms with van der Waals surface area (Å²) in [5.74, 6) is -0.256. The minimum absolute atomic E-state index is 0.151. The van der Waals surface area contributed by atoms with Gasteiger partial charge in [-0.3, -0.25) is 14.5 Å². The van der Waals surface area contributed by atoms with E-state index in [9.17, 15) is 14.7 Å². The van der Waals surface area contributed by atoms with E-state index in [0.29, 0.717) is 42.0 Å². The van der Waals surface area contributed by atoms with E-state index >= 15 is 0 Å². The Balaban J connectivity index is 1.94. The molecule has 1 aliphatic heterocycles. The molecule has 7 heteroatoms. The molecular formula is C14H17N3O3S. The minimum Gasteiger partial charge on any atom is -0.480 e. The van der Waals surface area contributed by atoms with Crippen molar-refractivity contribution in [1.29, 1.82) is 0 Å². The molecule has 1 fully saturated rings. The lowest BCUT2D eigenvalue weighted by Gasteiger charge is -2.33. The molecule has 1 atom stereocenters. The number of carboxylic acid groups (broad SMARTS) is 1. The molecule has 2 N–H and O–H groups in total. The number of nitrogens with zero attached hydrogens (tertiary/aromatic N) is 2. The smallest absolute Gasteiger partial charge is 0.324 e. The quantitative estimate of drug-likeness (QED) is 0.899. The van der Waals surface area contributed by atoms with Crippen molar-refractivity contribution in [3.8, 4) is 0 Å². The van der Waals surface area contributed by atoms with Crippen molar-refractivity contribution >= 4 is 27.5 Å². The number of hydrogen-bond donors (Lipinski definition) is 2. The van der Waals surface area contributed by atoms with Crippen molar-refractivity contribution in [3.63, 3.8) is 0 Å². The summed E-state index contributed by atoms with van der Waals surface area (Å²) in [6.07, 6.45) is 2.04. The second kappa shape index (κ2) is 5.23. The summed E-state index contributed by atoms with van der Waals surface area (Å²) >= 11 is 1.36. The number of rotatable bonds is 4. The van der Waals surface area contributed by atoms with Gasteiger partial charge in [-0.15, -0.1) is 11.3 Å². The molecule has 1 unspecified atom stereocenters. The number of likely N-dealkylation sites (tertiary alicyclic amines) is 1. The topological polar surface area (TPSA) is 86.3 Å². The van der Waals surface area contributed by atoms with Crippen LogP contribution < -0.4 is 5.56 Å². The number of H-pyrrole nitrogens is 1. The molecule has 0 aromatic carbocycles. The van der Waals surface area contributed by atoms with Crippen molar-refractivity contribution in [2.24, 2.45) is 0 Å². The number of carboxylic acids is 1. The zero-order valence-corrected chi connectivity index (χ0v) is 12.6. The molecule has 0 aliphatic carbocycles. The predicted molar refractivity (Wildman–Crippen MR) is 80.5 cm³/mol. The van der Waals surface area contributed by atoms with Gasteiger partial charge in [0.1, 0.15) is 16.1 Å². The molecular weight excluding hydrogens is 290 g/mol. The van der Waals surface area contributed by atoms with Crippen LogP contribution in [0.5, 0.6) is 0 Å². The maximum atomic E-state index is 12.0. The van der Waals surface area contributed by atoms with Crippen molar-refractivity contribution < 1.29 is 9.90 Å².